The number of amides is 1. The minimum atomic E-state index is -0.220. The van der Waals surface area contributed by atoms with Gasteiger partial charge in [-0.3, -0.25) is 9.78 Å². The second-order valence-electron chi connectivity index (χ2n) is 4.89. The first-order valence-electron chi connectivity index (χ1n) is 6.96. The molecule has 0 fully saturated rings. The van der Waals surface area contributed by atoms with Gasteiger partial charge in [0.05, 0.1) is 11.7 Å². The van der Waals surface area contributed by atoms with Crippen molar-refractivity contribution in [3.05, 3.63) is 41.0 Å². The molecule has 2 aromatic heterocycles. The van der Waals surface area contributed by atoms with Crippen LogP contribution in [-0.4, -0.2) is 22.6 Å². The van der Waals surface area contributed by atoms with Gasteiger partial charge in [-0.15, -0.1) is 0 Å². The fraction of sp³-hybridized carbons (Fsp3) is 0.400. The number of anilines is 1. The molecule has 2 heterocycles. The number of aromatic nitrogens is 2. The third-order valence-corrected chi connectivity index (χ3v) is 3.24. The average molecular weight is 288 g/mol. The number of nitrogens with one attached hydrogen (secondary N) is 2. The molecule has 1 unspecified atom stereocenters. The van der Waals surface area contributed by atoms with Crippen molar-refractivity contribution in [3.8, 4) is 0 Å². The van der Waals surface area contributed by atoms with E-state index in [0.717, 1.165) is 29.2 Å². The summed E-state index contributed by atoms with van der Waals surface area (Å²) >= 11 is 0. The maximum atomic E-state index is 12.3. The monoisotopic (exact) mass is 288 g/mol. The van der Waals surface area contributed by atoms with E-state index in [-0.39, 0.29) is 11.9 Å². The van der Waals surface area contributed by atoms with Gasteiger partial charge in [0.15, 0.2) is 0 Å². The molecule has 0 aliphatic heterocycles. The molecule has 2 N–H and O–H groups in total. The standard InChI is InChI=1S/C15H20N4O2/c1-5-16-12-6-7-17-13(8-12)15(20)18-9(2)14-10(3)19-21-11(14)4/h6-9H,5H2,1-4H3,(H,16,17)(H,18,20). The fourth-order valence-electron chi connectivity index (χ4n) is 2.32. The Hall–Kier alpha value is -2.37. The van der Waals surface area contributed by atoms with Gasteiger partial charge in [0.25, 0.3) is 5.91 Å². The number of pyridine rings is 1. The number of hydrogen-bond donors (Lipinski definition) is 2. The molecule has 0 spiro atoms. The molecule has 0 saturated heterocycles. The highest BCUT2D eigenvalue weighted by atomic mass is 16.5. The van der Waals surface area contributed by atoms with Crippen molar-refractivity contribution in [2.24, 2.45) is 0 Å². The molecular formula is C15H20N4O2. The van der Waals surface area contributed by atoms with Gasteiger partial charge in [0.1, 0.15) is 11.5 Å². The zero-order valence-corrected chi connectivity index (χ0v) is 12.7. The van der Waals surface area contributed by atoms with Crippen LogP contribution in [-0.2, 0) is 0 Å². The van der Waals surface area contributed by atoms with Gasteiger partial charge in [-0.2, -0.15) is 0 Å². The van der Waals surface area contributed by atoms with E-state index in [1.54, 1.807) is 12.3 Å². The molecule has 2 rings (SSSR count). The summed E-state index contributed by atoms with van der Waals surface area (Å²) in [5.41, 5.74) is 2.95. The molecule has 0 aromatic carbocycles. The smallest absolute Gasteiger partial charge is 0.270 e. The minimum Gasteiger partial charge on any atom is -0.385 e. The molecule has 6 nitrogen and oxygen atoms in total. The van der Waals surface area contributed by atoms with Crippen LogP contribution in [0.3, 0.4) is 0 Å². The van der Waals surface area contributed by atoms with E-state index >= 15 is 0 Å². The fourth-order valence-corrected chi connectivity index (χ4v) is 2.32. The summed E-state index contributed by atoms with van der Waals surface area (Å²) in [6, 6.07) is 3.38. The number of carbonyl (C=O) groups is 1. The van der Waals surface area contributed by atoms with E-state index in [9.17, 15) is 4.79 Å². The summed E-state index contributed by atoms with van der Waals surface area (Å²) in [6.07, 6.45) is 1.62. The molecule has 112 valence electrons. The predicted molar refractivity (Wildman–Crippen MR) is 80.3 cm³/mol. The normalized spacial score (nSPS) is 12.0. The second kappa shape index (κ2) is 6.39. The van der Waals surface area contributed by atoms with E-state index in [0.29, 0.717) is 5.69 Å². The molecule has 0 aliphatic rings. The van der Waals surface area contributed by atoms with Gasteiger partial charge in [0.2, 0.25) is 0 Å². The van der Waals surface area contributed by atoms with E-state index in [2.05, 4.69) is 20.8 Å². The van der Waals surface area contributed by atoms with Gasteiger partial charge in [-0.25, -0.2) is 0 Å². The molecular weight excluding hydrogens is 268 g/mol. The van der Waals surface area contributed by atoms with Crippen molar-refractivity contribution in [3.63, 3.8) is 0 Å². The zero-order chi connectivity index (χ0) is 15.4. The number of carbonyl (C=O) groups excluding carboxylic acids is 1. The van der Waals surface area contributed by atoms with E-state index < -0.39 is 0 Å². The molecule has 21 heavy (non-hydrogen) atoms. The SMILES string of the molecule is CCNc1ccnc(C(=O)NC(C)c2c(C)noc2C)c1. The van der Waals surface area contributed by atoms with Gasteiger partial charge < -0.3 is 15.2 Å². The molecule has 6 heteroatoms. The predicted octanol–water partition coefficient (Wildman–Crippen LogP) is 2.61. The van der Waals surface area contributed by atoms with Crippen molar-refractivity contribution in [2.75, 3.05) is 11.9 Å². The van der Waals surface area contributed by atoms with Gasteiger partial charge in [-0.05, 0) is 39.8 Å². The van der Waals surface area contributed by atoms with Crippen LogP contribution >= 0.6 is 0 Å². The Labute approximate surface area is 123 Å². The summed E-state index contributed by atoms with van der Waals surface area (Å²) in [4.78, 5) is 16.4. The van der Waals surface area contributed by atoms with Gasteiger partial charge >= 0.3 is 0 Å². The van der Waals surface area contributed by atoms with Crippen molar-refractivity contribution in [1.29, 1.82) is 0 Å². The zero-order valence-electron chi connectivity index (χ0n) is 12.7. The van der Waals surface area contributed by atoms with Gasteiger partial charge in [-0.1, -0.05) is 5.16 Å². The van der Waals surface area contributed by atoms with Crippen LogP contribution in [0.4, 0.5) is 5.69 Å². The lowest BCUT2D eigenvalue weighted by Crippen LogP contribution is -2.28. The third kappa shape index (κ3) is 3.39. The lowest BCUT2D eigenvalue weighted by atomic mass is 10.1. The Balaban J connectivity index is 2.12. The average Bonchev–Trinajstić information content (AvgIpc) is 2.79. The Morgan fingerprint density at radius 3 is 2.81 bits per heavy atom. The van der Waals surface area contributed by atoms with Crippen molar-refractivity contribution >= 4 is 11.6 Å². The first-order valence-corrected chi connectivity index (χ1v) is 6.96. The number of aryl methyl sites for hydroxylation is 2. The highest BCUT2D eigenvalue weighted by Crippen LogP contribution is 2.21. The highest BCUT2D eigenvalue weighted by Gasteiger charge is 2.19. The summed E-state index contributed by atoms with van der Waals surface area (Å²) < 4.78 is 5.13. The number of nitrogens with zero attached hydrogens (tertiary/aromatic N) is 2. The summed E-state index contributed by atoms with van der Waals surface area (Å²) in [5, 5.41) is 9.98. The molecule has 2 aromatic rings. The van der Waals surface area contributed by atoms with Crippen LogP contribution in [0.25, 0.3) is 0 Å². The lowest BCUT2D eigenvalue weighted by Gasteiger charge is -2.13. The first-order chi connectivity index (χ1) is 10.0. The van der Waals surface area contributed by atoms with Crippen molar-refractivity contribution in [1.82, 2.24) is 15.5 Å². The molecule has 0 aliphatic carbocycles. The van der Waals surface area contributed by atoms with E-state index in [1.807, 2.05) is 33.8 Å². The van der Waals surface area contributed by atoms with Crippen LogP contribution in [0.2, 0.25) is 0 Å². The Bertz CT molecular complexity index is 617. The lowest BCUT2D eigenvalue weighted by molar-refractivity contribution is 0.0934. The van der Waals surface area contributed by atoms with Crippen molar-refractivity contribution < 1.29 is 9.32 Å². The molecule has 0 bridgehead atoms. The maximum absolute atomic E-state index is 12.3. The topological polar surface area (TPSA) is 80.0 Å². The van der Waals surface area contributed by atoms with Crippen LogP contribution in [0.1, 0.15) is 47.4 Å². The van der Waals surface area contributed by atoms with Crippen LogP contribution in [0, 0.1) is 13.8 Å². The van der Waals surface area contributed by atoms with Crippen LogP contribution in [0.15, 0.2) is 22.9 Å². The molecule has 0 saturated carbocycles. The van der Waals surface area contributed by atoms with E-state index in [1.165, 1.54) is 0 Å². The van der Waals surface area contributed by atoms with E-state index in [4.69, 9.17) is 4.52 Å². The Morgan fingerprint density at radius 2 is 2.19 bits per heavy atom. The number of rotatable bonds is 5. The summed E-state index contributed by atoms with van der Waals surface area (Å²) in [6.45, 7) is 8.39. The summed E-state index contributed by atoms with van der Waals surface area (Å²) in [5.74, 6) is 0.497. The summed E-state index contributed by atoms with van der Waals surface area (Å²) in [7, 11) is 0. The molecule has 0 radical (unpaired) electrons. The largest absolute Gasteiger partial charge is 0.385 e. The van der Waals surface area contributed by atoms with Crippen LogP contribution < -0.4 is 10.6 Å². The van der Waals surface area contributed by atoms with Crippen LogP contribution in [0.5, 0.6) is 0 Å². The Morgan fingerprint density at radius 1 is 1.43 bits per heavy atom. The van der Waals surface area contributed by atoms with Crippen molar-refractivity contribution in [2.45, 2.75) is 33.7 Å². The first kappa shape index (κ1) is 15.0. The second-order valence-corrected chi connectivity index (χ2v) is 4.89. The Kier molecular flexibility index (Phi) is 4.57. The minimum absolute atomic E-state index is 0.187. The quantitative estimate of drug-likeness (QED) is 0.884. The third-order valence-electron chi connectivity index (χ3n) is 3.24. The number of hydrogen-bond acceptors (Lipinski definition) is 5. The molecule has 1 amide bonds. The van der Waals surface area contributed by atoms with Gasteiger partial charge in [0, 0.05) is 24.0 Å². The molecule has 1 atom stereocenters. The maximum Gasteiger partial charge on any atom is 0.270 e. The highest BCUT2D eigenvalue weighted by molar-refractivity contribution is 5.93.